The lowest BCUT2D eigenvalue weighted by molar-refractivity contribution is -0.143. The van der Waals surface area contributed by atoms with E-state index in [1.807, 2.05) is 0 Å². The van der Waals surface area contributed by atoms with E-state index in [9.17, 15) is 22.8 Å². The van der Waals surface area contributed by atoms with E-state index in [2.05, 4.69) is 0 Å². The van der Waals surface area contributed by atoms with Gasteiger partial charge in [-0.15, -0.1) is 0 Å². The predicted octanol–water partition coefficient (Wildman–Crippen LogP) is 1.99. The Balaban J connectivity index is 1.70. The van der Waals surface area contributed by atoms with E-state index < -0.39 is 29.5 Å². The van der Waals surface area contributed by atoms with Crippen LogP contribution in [0, 0.1) is 17.8 Å². The van der Waals surface area contributed by atoms with Crippen molar-refractivity contribution in [3.05, 3.63) is 35.4 Å². The van der Waals surface area contributed by atoms with E-state index in [1.54, 1.807) is 0 Å². The molecular weight excluding hydrogens is 287 g/mol. The number of alkyl halides is 3. The third-order valence-corrected chi connectivity index (χ3v) is 4.11. The predicted molar refractivity (Wildman–Crippen MR) is 65.0 cm³/mol. The summed E-state index contributed by atoms with van der Waals surface area (Å²) >= 11 is 0. The SMILES string of the molecule is O=C(O)C1C2CN(Cc3cccc(C(F)(F)F)c3)C(=O)C21. The Labute approximate surface area is 118 Å². The van der Waals surface area contributed by atoms with Crippen molar-refractivity contribution in [1.82, 2.24) is 4.90 Å². The number of carboxylic acids is 1. The molecule has 7 heteroatoms. The Bertz CT molecular complexity index is 614. The molecule has 1 N–H and O–H groups in total. The summed E-state index contributed by atoms with van der Waals surface area (Å²) in [7, 11) is 0. The molecule has 1 aromatic rings. The van der Waals surface area contributed by atoms with Crippen LogP contribution in [0.2, 0.25) is 0 Å². The molecule has 1 saturated carbocycles. The fourth-order valence-electron chi connectivity index (χ4n) is 3.04. The zero-order chi connectivity index (χ0) is 15.4. The van der Waals surface area contributed by atoms with Gasteiger partial charge in [-0.2, -0.15) is 13.2 Å². The summed E-state index contributed by atoms with van der Waals surface area (Å²) < 4.78 is 37.9. The minimum Gasteiger partial charge on any atom is -0.481 e. The molecule has 1 aliphatic heterocycles. The van der Waals surface area contributed by atoms with Crippen LogP contribution in [0.15, 0.2) is 24.3 Å². The van der Waals surface area contributed by atoms with Crippen LogP contribution in [0.4, 0.5) is 13.2 Å². The number of amides is 1. The summed E-state index contributed by atoms with van der Waals surface area (Å²) in [6.45, 7) is 0.388. The first kappa shape index (κ1) is 13.9. The fourth-order valence-corrected chi connectivity index (χ4v) is 3.04. The minimum atomic E-state index is -4.42. The first-order chi connectivity index (χ1) is 9.79. The molecule has 0 bridgehead atoms. The van der Waals surface area contributed by atoms with Crippen molar-refractivity contribution in [2.45, 2.75) is 12.7 Å². The summed E-state index contributed by atoms with van der Waals surface area (Å²) in [6, 6.07) is 4.83. The van der Waals surface area contributed by atoms with Crippen LogP contribution >= 0.6 is 0 Å². The lowest BCUT2D eigenvalue weighted by atomic mass is 10.1. The highest BCUT2D eigenvalue weighted by molar-refractivity contribution is 5.93. The molecule has 112 valence electrons. The number of fused-ring (bicyclic) bond motifs is 1. The van der Waals surface area contributed by atoms with Gasteiger partial charge in [0.15, 0.2) is 0 Å². The zero-order valence-corrected chi connectivity index (χ0v) is 10.8. The van der Waals surface area contributed by atoms with Gasteiger partial charge in [-0.25, -0.2) is 0 Å². The largest absolute Gasteiger partial charge is 0.481 e. The summed E-state index contributed by atoms with van der Waals surface area (Å²) in [5, 5.41) is 8.88. The number of piperidine rings is 1. The van der Waals surface area contributed by atoms with Crippen LogP contribution in [-0.4, -0.2) is 28.4 Å². The molecule has 1 aromatic carbocycles. The van der Waals surface area contributed by atoms with Crippen molar-refractivity contribution >= 4 is 11.9 Å². The molecule has 3 unspecified atom stereocenters. The average Bonchev–Trinajstić information content (AvgIpc) is 3.02. The topological polar surface area (TPSA) is 57.6 Å². The number of likely N-dealkylation sites (tertiary alicyclic amines) is 1. The molecule has 1 aliphatic carbocycles. The van der Waals surface area contributed by atoms with Gasteiger partial charge in [0.05, 0.1) is 17.4 Å². The second-order valence-corrected chi connectivity index (χ2v) is 5.47. The Morgan fingerprint density at radius 2 is 2.10 bits per heavy atom. The summed E-state index contributed by atoms with van der Waals surface area (Å²) in [6.07, 6.45) is -4.42. The number of rotatable bonds is 3. The van der Waals surface area contributed by atoms with E-state index in [4.69, 9.17) is 5.11 Å². The first-order valence-corrected chi connectivity index (χ1v) is 6.47. The molecule has 1 saturated heterocycles. The van der Waals surface area contributed by atoms with E-state index in [0.29, 0.717) is 12.1 Å². The second-order valence-electron chi connectivity index (χ2n) is 5.47. The van der Waals surface area contributed by atoms with E-state index >= 15 is 0 Å². The molecule has 4 nitrogen and oxygen atoms in total. The van der Waals surface area contributed by atoms with Crippen molar-refractivity contribution < 1.29 is 27.9 Å². The first-order valence-electron chi connectivity index (χ1n) is 6.47. The van der Waals surface area contributed by atoms with Crippen LogP contribution in [0.25, 0.3) is 0 Å². The number of aliphatic carboxylic acids is 1. The maximum absolute atomic E-state index is 12.6. The Kier molecular flexibility index (Phi) is 2.96. The maximum Gasteiger partial charge on any atom is 0.416 e. The number of nitrogens with zero attached hydrogens (tertiary/aromatic N) is 1. The molecule has 1 heterocycles. The van der Waals surface area contributed by atoms with Crippen LogP contribution in [0.1, 0.15) is 11.1 Å². The van der Waals surface area contributed by atoms with Gasteiger partial charge < -0.3 is 10.0 Å². The van der Waals surface area contributed by atoms with E-state index in [-0.39, 0.29) is 18.4 Å². The van der Waals surface area contributed by atoms with E-state index in [0.717, 1.165) is 12.1 Å². The van der Waals surface area contributed by atoms with Gasteiger partial charge in [0, 0.05) is 19.0 Å². The third kappa shape index (κ3) is 2.36. The van der Waals surface area contributed by atoms with Crippen molar-refractivity contribution in [2.75, 3.05) is 6.54 Å². The molecule has 0 radical (unpaired) electrons. The van der Waals surface area contributed by atoms with Gasteiger partial charge in [-0.3, -0.25) is 9.59 Å². The molecule has 2 aliphatic rings. The molecule has 0 spiro atoms. The normalized spacial score (nSPS) is 27.7. The van der Waals surface area contributed by atoms with Crippen LogP contribution < -0.4 is 0 Å². The number of benzene rings is 1. The summed E-state index contributed by atoms with van der Waals surface area (Å²) in [4.78, 5) is 24.3. The smallest absolute Gasteiger partial charge is 0.416 e. The minimum absolute atomic E-state index is 0.0854. The highest BCUT2D eigenvalue weighted by Crippen LogP contribution is 2.52. The lowest BCUT2D eigenvalue weighted by Crippen LogP contribution is -2.31. The highest BCUT2D eigenvalue weighted by Gasteiger charge is 2.65. The standard InChI is InChI=1S/C14H12F3NO3/c15-14(16,17)8-3-1-2-7(4-8)5-18-6-9-10(12(18)19)11(9)13(20)21/h1-4,9-11H,5-6H2,(H,20,21). The number of carbonyl (C=O) groups excluding carboxylic acids is 1. The summed E-state index contributed by atoms with van der Waals surface area (Å²) in [5.74, 6) is -2.55. The number of hydrogen-bond donors (Lipinski definition) is 1. The van der Waals surface area contributed by atoms with Gasteiger partial charge in [-0.05, 0) is 17.7 Å². The van der Waals surface area contributed by atoms with E-state index in [1.165, 1.54) is 17.0 Å². The maximum atomic E-state index is 12.6. The Morgan fingerprint density at radius 1 is 1.38 bits per heavy atom. The van der Waals surface area contributed by atoms with Crippen molar-refractivity contribution in [3.8, 4) is 0 Å². The van der Waals surface area contributed by atoms with Crippen LogP contribution in [0.3, 0.4) is 0 Å². The second kappa shape index (κ2) is 4.47. The molecule has 21 heavy (non-hydrogen) atoms. The fraction of sp³-hybridized carbons (Fsp3) is 0.429. The van der Waals surface area contributed by atoms with Crippen molar-refractivity contribution in [2.24, 2.45) is 17.8 Å². The lowest BCUT2D eigenvalue weighted by Gasteiger charge is -2.20. The molecule has 0 aromatic heterocycles. The number of hydrogen-bond acceptors (Lipinski definition) is 2. The van der Waals surface area contributed by atoms with Gasteiger partial charge in [0.2, 0.25) is 5.91 Å². The quantitative estimate of drug-likeness (QED) is 0.928. The average molecular weight is 299 g/mol. The van der Waals surface area contributed by atoms with Gasteiger partial charge in [0.1, 0.15) is 0 Å². The highest BCUT2D eigenvalue weighted by atomic mass is 19.4. The van der Waals surface area contributed by atoms with Crippen LogP contribution in [0.5, 0.6) is 0 Å². The van der Waals surface area contributed by atoms with Crippen molar-refractivity contribution in [1.29, 1.82) is 0 Å². The van der Waals surface area contributed by atoms with Gasteiger partial charge >= 0.3 is 12.1 Å². The number of halogens is 3. The molecule has 1 amide bonds. The third-order valence-electron chi connectivity index (χ3n) is 4.11. The molecule has 3 atom stereocenters. The summed E-state index contributed by atoms with van der Waals surface area (Å²) in [5.41, 5.74) is -0.355. The monoisotopic (exact) mass is 299 g/mol. The Hall–Kier alpha value is -2.05. The molecular formula is C14H12F3NO3. The van der Waals surface area contributed by atoms with Gasteiger partial charge in [-0.1, -0.05) is 12.1 Å². The molecule has 2 fully saturated rings. The van der Waals surface area contributed by atoms with Gasteiger partial charge in [0.25, 0.3) is 0 Å². The van der Waals surface area contributed by atoms with Crippen molar-refractivity contribution in [3.63, 3.8) is 0 Å². The number of carbonyl (C=O) groups is 2. The number of carboxylic acid groups (broad SMARTS) is 1. The van der Waals surface area contributed by atoms with Crippen LogP contribution in [-0.2, 0) is 22.3 Å². The molecule has 3 rings (SSSR count). The zero-order valence-electron chi connectivity index (χ0n) is 10.8. The Morgan fingerprint density at radius 3 is 2.62 bits per heavy atom.